The van der Waals surface area contributed by atoms with Gasteiger partial charge in [0.15, 0.2) is 0 Å². The summed E-state index contributed by atoms with van der Waals surface area (Å²) in [5.41, 5.74) is 1.05. The van der Waals surface area contributed by atoms with E-state index in [1.54, 1.807) is 19.9 Å². The Kier molecular flexibility index (Phi) is 5.44. The maximum atomic E-state index is 13.0. The molecule has 4 rings (SSSR count). The number of aromatic amines is 1. The Morgan fingerprint density at radius 3 is 2.33 bits per heavy atom. The minimum absolute atomic E-state index is 0.271. The average Bonchev–Trinajstić information content (AvgIpc) is 3.07. The second-order valence-electron chi connectivity index (χ2n) is 7.18. The number of benzene rings is 1. The number of hydrogen-bond acceptors (Lipinski definition) is 7. The molecule has 0 unspecified atom stereocenters. The van der Waals surface area contributed by atoms with Gasteiger partial charge in [-0.25, -0.2) is 13.4 Å². The van der Waals surface area contributed by atoms with Crippen molar-refractivity contribution in [3.8, 4) is 11.6 Å². The molecule has 1 N–H and O–H groups in total. The monoisotopic (exact) mass is 428 g/mol. The number of nitrogens with zero attached hydrogens (tertiary/aromatic N) is 5. The largest absolute Gasteiger partial charge is 0.439 e. The van der Waals surface area contributed by atoms with E-state index >= 15 is 0 Å². The van der Waals surface area contributed by atoms with Gasteiger partial charge in [-0.2, -0.15) is 14.4 Å². The number of H-pyrrole nitrogens is 1. The van der Waals surface area contributed by atoms with E-state index in [1.165, 1.54) is 4.31 Å². The normalized spacial score (nSPS) is 15.4. The number of rotatable bonds is 5. The first kappa shape index (κ1) is 20.3. The maximum Gasteiger partial charge on any atom is 0.246 e. The van der Waals surface area contributed by atoms with Gasteiger partial charge in [-0.3, -0.25) is 5.10 Å². The van der Waals surface area contributed by atoms with Gasteiger partial charge in [0, 0.05) is 32.2 Å². The molecular formula is C20H24N6O3S. The Bertz CT molecular complexity index is 1120. The van der Waals surface area contributed by atoms with Gasteiger partial charge in [0.05, 0.1) is 11.4 Å². The topological polar surface area (TPSA) is 104 Å². The average molecular weight is 429 g/mol. The molecule has 3 aromatic rings. The number of sulfonamides is 1. The fraction of sp³-hybridized carbons (Fsp3) is 0.350. The van der Waals surface area contributed by atoms with E-state index in [4.69, 9.17) is 4.74 Å². The van der Waals surface area contributed by atoms with Crippen molar-refractivity contribution in [2.75, 3.05) is 31.1 Å². The first-order valence-corrected chi connectivity index (χ1v) is 11.1. The molecule has 0 saturated carbocycles. The molecule has 158 valence electrons. The van der Waals surface area contributed by atoms with Crippen LogP contribution in [0, 0.1) is 20.8 Å². The van der Waals surface area contributed by atoms with Crippen LogP contribution in [0.5, 0.6) is 11.6 Å². The molecule has 1 saturated heterocycles. The van der Waals surface area contributed by atoms with Crippen LogP contribution < -0.4 is 9.64 Å². The standard InChI is InChI=1S/C20H24N6O3S/c1-14-20(15(2)24-23-14)30(27,28)26-11-9-25(10-12-26)18-13-19(22-16(3)21-18)29-17-7-5-4-6-8-17/h4-8,13H,9-12H2,1-3H3,(H,23,24). The van der Waals surface area contributed by atoms with Crippen molar-refractivity contribution in [1.29, 1.82) is 0 Å². The predicted octanol–water partition coefficient (Wildman–Crippen LogP) is 2.43. The van der Waals surface area contributed by atoms with E-state index in [2.05, 4.69) is 20.2 Å². The van der Waals surface area contributed by atoms with Gasteiger partial charge in [-0.1, -0.05) is 18.2 Å². The molecule has 10 heteroatoms. The second kappa shape index (κ2) is 8.04. The number of ether oxygens (including phenoxy) is 1. The summed E-state index contributed by atoms with van der Waals surface area (Å²) < 4.78 is 33.4. The van der Waals surface area contributed by atoms with Crippen molar-refractivity contribution in [3.05, 3.63) is 53.6 Å². The van der Waals surface area contributed by atoms with Crippen LogP contribution in [0.3, 0.4) is 0 Å². The van der Waals surface area contributed by atoms with Crippen LogP contribution in [0.15, 0.2) is 41.3 Å². The lowest BCUT2D eigenvalue weighted by atomic mass is 10.3. The Morgan fingerprint density at radius 1 is 1.00 bits per heavy atom. The van der Waals surface area contributed by atoms with Crippen molar-refractivity contribution < 1.29 is 13.2 Å². The van der Waals surface area contributed by atoms with Gasteiger partial charge in [-0.05, 0) is 32.9 Å². The van der Waals surface area contributed by atoms with Crippen molar-refractivity contribution in [2.24, 2.45) is 0 Å². The number of aromatic nitrogens is 4. The van der Waals surface area contributed by atoms with Gasteiger partial charge in [-0.15, -0.1) is 0 Å². The van der Waals surface area contributed by atoms with Gasteiger partial charge >= 0.3 is 0 Å². The molecule has 1 fully saturated rings. The van der Waals surface area contributed by atoms with Crippen LogP contribution in [0.1, 0.15) is 17.2 Å². The summed E-state index contributed by atoms with van der Waals surface area (Å²) in [4.78, 5) is 11.2. The fourth-order valence-electron chi connectivity index (χ4n) is 3.56. The van der Waals surface area contributed by atoms with Gasteiger partial charge < -0.3 is 9.64 Å². The van der Waals surface area contributed by atoms with E-state index in [9.17, 15) is 8.42 Å². The maximum absolute atomic E-state index is 13.0. The Morgan fingerprint density at radius 2 is 1.70 bits per heavy atom. The molecule has 0 bridgehead atoms. The number of piperazine rings is 1. The summed E-state index contributed by atoms with van der Waals surface area (Å²) in [6.45, 7) is 7.01. The summed E-state index contributed by atoms with van der Waals surface area (Å²) in [5, 5.41) is 6.77. The van der Waals surface area contributed by atoms with Crippen LogP contribution in [-0.4, -0.2) is 59.1 Å². The second-order valence-corrected chi connectivity index (χ2v) is 9.06. The summed E-state index contributed by atoms with van der Waals surface area (Å²) in [7, 11) is -3.59. The van der Waals surface area contributed by atoms with Crippen LogP contribution in [0.4, 0.5) is 5.82 Å². The molecule has 0 spiro atoms. The number of nitrogens with one attached hydrogen (secondary N) is 1. The highest BCUT2D eigenvalue weighted by Crippen LogP contribution is 2.26. The molecule has 0 aliphatic carbocycles. The molecular weight excluding hydrogens is 404 g/mol. The van der Waals surface area contributed by atoms with E-state index in [-0.39, 0.29) is 4.90 Å². The third kappa shape index (κ3) is 4.01. The first-order valence-electron chi connectivity index (χ1n) is 9.70. The van der Waals surface area contributed by atoms with Crippen LogP contribution in [0.25, 0.3) is 0 Å². The quantitative estimate of drug-likeness (QED) is 0.665. The summed E-state index contributed by atoms with van der Waals surface area (Å²) >= 11 is 0. The molecule has 9 nitrogen and oxygen atoms in total. The lowest BCUT2D eigenvalue weighted by Gasteiger charge is -2.34. The lowest BCUT2D eigenvalue weighted by Crippen LogP contribution is -2.49. The molecule has 0 radical (unpaired) electrons. The number of hydrogen-bond donors (Lipinski definition) is 1. The third-order valence-electron chi connectivity index (χ3n) is 4.99. The molecule has 2 aromatic heterocycles. The van der Waals surface area contributed by atoms with Crippen molar-refractivity contribution in [1.82, 2.24) is 24.5 Å². The zero-order chi connectivity index (χ0) is 21.3. The Labute approximate surface area is 175 Å². The highest BCUT2D eigenvalue weighted by atomic mass is 32.2. The molecule has 0 atom stereocenters. The van der Waals surface area contributed by atoms with Crippen LogP contribution >= 0.6 is 0 Å². The third-order valence-corrected chi connectivity index (χ3v) is 7.15. The molecule has 1 aliphatic rings. The summed E-state index contributed by atoms with van der Waals surface area (Å²) in [5.74, 6) is 2.48. The SMILES string of the molecule is Cc1nc(Oc2ccccc2)cc(N2CCN(S(=O)(=O)c3c(C)n[nH]c3C)CC2)n1. The highest BCUT2D eigenvalue weighted by Gasteiger charge is 2.32. The van der Waals surface area contributed by atoms with Crippen LogP contribution in [-0.2, 0) is 10.0 Å². The van der Waals surface area contributed by atoms with Crippen molar-refractivity contribution in [3.63, 3.8) is 0 Å². The molecule has 3 heterocycles. The Balaban J connectivity index is 1.49. The molecule has 1 aromatic carbocycles. The number of aryl methyl sites for hydroxylation is 3. The predicted molar refractivity (Wildman–Crippen MR) is 112 cm³/mol. The van der Waals surface area contributed by atoms with E-state index < -0.39 is 10.0 Å². The molecule has 0 amide bonds. The molecule has 1 aliphatic heterocycles. The number of para-hydroxylation sites is 1. The van der Waals surface area contributed by atoms with Gasteiger partial charge in [0.25, 0.3) is 0 Å². The zero-order valence-electron chi connectivity index (χ0n) is 17.2. The minimum Gasteiger partial charge on any atom is -0.439 e. The van der Waals surface area contributed by atoms with E-state index in [1.807, 2.05) is 42.2 Å². The van der Waals surface area contributed by atoms with Gasteiger partial charge in [0.1, 0.15) is 22.3 Å². The lowest BCUT2D eigenvalue weighted by molar-refractivity contribution is 0.382. The fourth-order valence-corrected chi connectivity index (χ4v) is 5.31. The smallest absolute Gasteiger partial charge is 0.246 e. The number of anilines is 1. The summed E-state index contributed by atoms with van der Waals surface area (Å²) in [6.07, 6.45) is 0. The first-order chi connectivity index (χ1) is 14.3. The van der Waals surface area contributed by atoms with E-state index in [0.717, 1.165) is 5.82 Å². The van der Waals surface area contributed by atoms with Crippen LogP contribution in [0.2, 0.25) is 0 Å². The van der Waals surface area contributed by atoms with E-state index in [0.29, 0.717) is 55.0 Å². The molecule has 30 heavy (non-hydrogen) atoms. The highest BCUT2D eigenvalue weighted by molar-refractivity contribution is 7.89. The summed E-state index contributed by atoms with van der Waals surface area (Å²) in [6, 6.07) is 11.2. The van der Waals surface area contributed by atoms with Crippen molar-refractivity contribution >= 4 is 15.8 Å². The Hall–Kier alpha value is -2.98. The van der Waals surface area contributed by atoms with Gasteiger partial charge in [0.2, 0.25) is 15.9 Å². The van der Waals surface area contributed by atoms with Crippen molar-refractivity contribution in [2.45, 2.75) is 25.7 Å². The zero-order valence-corrected chi connectivity index (χ0v) is 18.0. The minimum atomic E-state index is -3.59.